The summed E-state index contributed by atoms with van der Waals surface area (Å²) in [6, 6.07) is 3.88. The monoisotopic (exact) mass is 293 g/mol. The van der Waals surface area contributed by atoms with Crippen LogP contribution in [0.3, 0.4) is 0 Å². The van der Waals surface area contributed by atoms with Crippen molar-refractivity contribution in [1.29, 1.82) is 0 Å². The van der Waals surface area contributed by atoms with Gasteiger partial charge >= 0.3 is 0 Å². The normalized spacial score (nSPS) is 11.1. The summed E-state index contributed by atoms with van der Waals surface area (Å²) >= 11 is 0. The molecule has 0 fully saturated rings. The van der Waals surface area contributed by atoms with Gasteiger partial charge in [0.2, 0.25) is 5.91 Å². The van der Waals surface area contributed by atoms with E-state index in [4.69, 9.17) is 14.2 Å². The van der Waals surface area contributed by atoms with Crippen LogP contribution in [0.15, 0.2) is 18.2 Å². The largest absolute Gasteiger partial charge is 0.497 e. The summed E-state index contributed by atoms with van der Waals surface area (Å²) in [6.07, 6.45) is 2.87. The molecule has 1 amide bonds. The minimum atomic E-state index is -0.438. The Bertz CT molecular complexity index is 484. The van der Waals surface area contributed by atoms with Crippen LogP contribution in [0.5, 0.6) is 5.75 Å². The van der Waals surface area contributed by atoms with Crippen molar-refractivity contribution < 1.29 is 19.0 Å². The van der Waals surface area contributed by atoms with E-state index in [0.717, 1.165) is 22.4 Å². The van der Waals surface area contributed by atoms with E-state index in [2.05, 4.69) is 5.32 Å². The molecule has 0 atom stereocenters. The maximum atomic E-state index is 11.8. The van der Waals surface area contributed by atoms with Crippen LogP contribution < -0.4 is 10.1 Å². The van der Waals surface area contributed by atoms with Crippen molar-refractivity contribution in [3.63, 3.8) is 0 Å². The molecule has 1 rings (SSSR count). The van der Waals surface area contributed by atoms with Crippen molar-refractivity contribution in [1.82, 2.24) is 5.32 Å². The number of rotatable bonds is 7. The molecule has 1 N–H and O–H groups in total. The van der Waals surface area contributed by atoms with Gasteiger partial charge in [-0.1, -0.05) is 0 Å². The van der Waals surface area contributed by atoms with Gasteiger partial charge in [-0.25, -0.2) is 0 Å². The molecule has 0 bridgehead atoms. The molecule has 0 saturated carbocycles. The maximum Gasteiger partial charge on any atom is 0.244 e. The lowest BCUT2D eigenvalue weighted by Gasteiger charge is -2.13. The summed E-state index contributed by atoms with van der Waals surface area (Å²) in [6.45, 7) is 4.27. The van der Waals surface area contributed by atoms with Gasteiger partial charge in [0.25, 0.3) is 0 Å². The van der Waals surface area contributed by atoms with Crippen molar-refractivity contribution in [2.75, 3.05) is 27.9 Å². The molecule has 0 aliphatic carbocycles. The third-order valence-electron chi connectivity index (χ3n) is 3.17. The van der Waals surface area contributed by atoms with Crippen LogP contribution in [0.1, 0.15) is 16.7 Å². The zero-order valence-electron chi connectivity index (χ0n) is 13.2. The highest BCUT2D eigenvalue weighted by Gasteiger charge is 2.07. The van der Waals surface area contributed by atoms with Crippen LogP contribution in [-0.2, 0) is 14.3 Å². The van der Waals surface area contributed by atoms with E-state index in [0.29, 0.717) is 6.54 Å². The molecular formula is C16H23NO4. The predicted octanol–water partition coefficient (Wildman–Crippen LogP) is 2.06. The number of aryl methyl sites for hydroxylation is 2. The first-order valence-electron chi connectivity index (χ1n) is 6.68. The summed E-state index contributed by atoms with van der Waals surface area (Å²) < 4.78 is 15.2. The average molecular weight is 293 g/mol. The van der Waals surface area contributed by atoms with Gasteiger partial charge in [-0.2, -0.15) is 0 Å². The Morgan fingerprint density at radius 2 is 1.76 bits per heavy atom. The first kappa shape index (κ1) is 17.2. The third kappa shape index (κ3) is 5.21. The number of carbonyl (C=O) groups excluding carboxylic acids is 1. The van der Waals surface area contributed by atoms with E-state index in [-0.39, 0.29) is 5.91 Å². The summed E-state index contributed by atoms with van der Waals surface area (Å²) in [7, 11) is 4.69. The maximum absolute atomic E-state index is 11.8. The van der Waals surface area contributed by atoms with Gasteiger partial charge in [0.1, 0.15) is 5.75 Å². The second-order valence-corrected chi connectivity index (χ2v) is 4.65. The van der Waals surface area contributed by atoms with Gasteiger partial charge in [-0.3, -0.25) is 4.79 Å². The smallest absolute Gasteiger partial charge is 0.244 e. The highest BCUT2D eigenvalue weighted by atomic mass is 16.7. The lowest BCUT2D eigenvalue weighted by molar-refractivity contribution is -0.123. The zero-order valence-corrected chi connectivity index (χ0v) is 13.2. The molecule has 0 radical (unpaired) electrons. The van der Waals surface area contributed by atoms with Crippen LogP contribution in [0, 0.1) is 13.8 Å². The molecule has 5 nitrogen and oxygen atoms in total. The number of benzene rings is 1. The minimum absolute atomic E-state index is 0.191. The Kier molecular flexibility index (Phi) is 6.91. The van der Waals surface area contributed by atoms with Gasteiger partial charge in [-0.15, -0.1) is 0 Å². The summed E-state index contributed by atoms with van der Waals surface area (Å²) in [4.78, 5) is 11.8. The fourth-order valence-corrected chi connectivity index (χ4v) is 1.98. The Hall–Kier alpha value is -1.85. The Morgan fingerprint density at radius 3 is 2.24 bits per heavy atom. The van der Waals surface area contributed by atoms with Crippen molar-refractivity contribution in [2.24, 2.45) is 0 Å². The Balaban J connectivity index is 2.70. The van der Waals surface area contributed by atoms with Crippen LogP contribution in [0.4, 0.5) is 0 Å². The SMILES string of the molecule is COc1cc(C)c(/C=C/C(=O)NCC(OC)OC)c(C)c1. The fraction of sp³-hybridized carbons (Fsp3) is 0.438. The third-order valence-corrected chi connectivity index (χ3v) is 3.17. The van der Waals surface area contributed by atoms with Crippen LogP contribution >= 0.6 is 0 Å². The fourth-order valence-electron chi connectivity index (χ4n) is 1.98. The summed E-state index contributed by atoms with van der Waals surface area (Å²) in [5.41, 5.74) is 3.13. The average Bonchev–Trinajstić information content (AvgIpc) is 2.47. The molecule has 1 aromatic carbocycles. The number of nitrogens with one attached hydrogen (secondary N) is 1. The summed E-state index contributed by atoms with van der Waals surface area (Å²) in [5.74, 6) is 0.623. The summed E-state index contributed by atoms with van der Waals surface area (Å²) in [5, 5.41) is 2.72. The number of ether oxygens (including phenoxy) is 3. The molecule has 116 valence electrons. The molecule has 5 heteroatoms. The Morgan fingerprint density at radius 1 is 1.19 bits per heavy atom. The highest BCUT2D eigenvalue weighted by Crippen LogP contribution is 2.22. The quantitative estimate of drug-likeness (QED) is 0.617. The Labute approximate surface area is 125 Å². The number of carbonyl (C=O) groups is 1. The number of amides is 1. The lowest BCUT2D eigenvalue weighted by atomic mass is 10.0. The number of hydrogen-bond donors (Lipinski definition) is 1. The predicted molar refractivity (Wildman–Crippen MR) is 82.3 cm³/mol. The van der Waals surface area contributed by atoms with Crippen LogP contribution in [0.25, 0.3) is 6.08 Å². The molecule has 1 aromatic rings. The van der Waals surface area contributed by atoms with Gasteiger partial charge in [0.15, 0.2) is 6.29 Å². The zero-order chi connectivity index (χ0) is 15.8. The number of methoxy groups -OCH3 is 3. The second-order valence-electron chi connectivity index (χ2n) is 4.65. The molecule has 0 heterocycles. The van der Waals surface area contributed by atoms with Crippen molar-refractivity contribution in [3.8, 4) is 5.75 Å². The van der Waals surface area contributed by atoms with E-state index < -0.39 is 6.29 Å². The van der Waals surface area contributed by atoms with E-state index in [1.165, 1.54) is 20.3 Å². The van der Waals surface area contributed by atoms with Crippen LogP contribution in [0.2, 0.25) is 0 Å². The molecule has 0 aromatic heterocycles. The standard InChI is InChI=1S/C16H23NO4/c1-11-8-13(19-3)9-12(2)14(11)6-7-15(18)17-10-16(20-4)21-5/h6-9,16H,10H2,1-5H3,(H,17,18)/b7-6+. The topological polar surface area (TPSA) is 56.8 Å². The van der Waals surface area contributed by atoms with Gasteiger partial charge in [0.05, 0.1) is 13.7 Å². The molecule has 0 saturated heterocycles. The molecule has 0 aliphatic heterocycles. The first-order chi connectivity index (χ1) is 10.0. The highest BCUT2D eigenvalue weighted by molar-refractivity contribution is 5.92. The first-order valence-corrected chi connectivity index (χ1v) is 6.68. The van der Waals surface area contributed by atoms with E-state index in [9.17, 15) is 4.79 Å². The van der Waals surface area contributed by atoms with Gasteiger partial charge in [-0.05, 0) is 48.7 Å². The minimum Gasteiger partial charge on any atom is -0.497 e. The van der Waals surface area contributed by atoms with E-state index in [1.54, 1.807) is 13.2 Å². The van der Waals surface area contributed by atoms with Gasteiger partial charge < -0.3 is 19.5 Å². The molecule has 0 unspecified atom stereocenters. The van der Waals surface area contributed by atoms with Gasteiger partial charge in [0, 0.05) is 20.3 Å². The molecule has 0 spiro atoms. The number of hydrogen-bond acceptors (Lipinski definition) is 4. The van der Waals surface area contributed by atoms with E-state index in [1.807, 2.05) is 26.0 Å². The lowest BCUT2D eigenvalue weighted by Crippen LogP contribution is -2.33. The molecule has 21 heavy (non-hydrogen) atoms. The molecule has 0 aliphatic rings. The second kappa shape index (κ2) is 8.44. The molecular weight excluding hydrogens is 270 g/mol. The van der Waals surface area contributed by atoms with Crippen molar-refractivity contribution in [3.05, 3.63) is 34.9 Å². The van der Waals surface area contributed by atoms with Crippen molar-refractivity contribution in [2.45, 2.75) is 20.1 Å². The van der Waals surface area contributed by atoms with Crippen molar-refractivity contribution >= 4 is 12.0 Å². The van der Waals surface area contributed by atoms with Crippen LogP contribution in [-0.4, -0.2) is 40.1 Å². The van der Waals surface area contributed by atoms with E-state index >= 15 is 0 Å².